The molecule has 0 spiro atoms. The normalized spacial score (nSPS) is 15.2. The number of benzene rings is 2. The predicted octanol–water partition coefficient (Wildman–Crippen LogP) is 0.643. The highest BCUT2D eigenvalue weighted by Crippen LogP contribution is 2.38. The molecule has 130 valence electrons. The van der Waals surface area contributed by atoms with Gasteiger partial charge in [-0.1, -0.05) is 30.3 Å². The molecule has 0 bridgehead atoms. The third-order valence-electron chi connectivity index (χ3n) is 4.78. The molecule has 0 unspecified atom stereocenters. The van der Waals surface area contributed by atoms with Gasteiger partial charge in [-0.25, -0.2) is 0 Å². The fourth-order valence-electron chi connectivity index (χ4n) is 3.64. The number of hydrogen-bond acceptors (Lipinski definition) is 2. The Balaban J connectivity index is 0.00000182. The van der Waals surface area contributed by atoms with Gasteiger partial charge in [-0.2, -0.15) is 0 Å². The zero-order valence-electron chi connectivity index (χ0n) is 14.7. The van der Waals surface area contributed by atoms with Crippen molar-refractivity contribution in [3.05, 3.63) is 54.2 Å². The molecule has 5 heteroatoms. The number of likely N-dealkylation sites (N-methyl/N-ethyl adjacent to an activating group) is 1. The van der Waals surface area contributed by atoms with E-state index in [0.29, 0.717) is 0 Å². The molecule has 0 saturated carbocycles. The van der Waals surface area contributed by atoms with E-state index in [9.17, 15) is 0 Å². The topological polar surface area (TPSA) is 29.8 Å². The lowest BCUT2D eigenvalue weighted by atomic mass is 10.0. The molecule has 0 radical (unpaired) electrons. The van der Waals surface area contributed by atoms with E-state index in [-0.39, 0.29) is 12.4 Å². The molecule has 0 amide bonds. The van der Waals surface area contributed by atoms with E-state index in [1.54, 1.807) is 7.11 Å². The summed E-state index contributed by atoms with van der Waals surface area (Å²) in [5, 5.41) is 1.21. The summed E-state index contributed by atoms with van der Waals surface area (Å²) < 4.78 is 7.86. The molecule has 3 aromatic rings. The van der Waals surface area contributed by atoms with Crippen LogP contribution in [0, 0.1) is 0 Å². The van der Waals surface area contributed by atoms with Crippen molar-refractivity contribution >= 4 is 16.7 Å². The average molecular weight is 355 g/mol. The molecule has 1 aromatic heterocycles. The second-order valence-electron chi connectivity index (χ2n) is 6.09. The number of halogens is 1. The van der Waals surface area contributed by atoms with Crippen LogP contribution < -0.4 is 17.1 Å². The monoisotopic (exact) mass is 354 g/mol. The van der Waals surface area contributed by atoms with Gasteiger partial charge < -0.3 is 26.6 Å². The van der Waals surface area contributed by atoms with Gasteiger partial charge >= 0.3 is 0 Å². The Labute approximate surface area is 154 Å². The summed E-state index contributed by atoms with van der Waals surface area (Å²) in [5.74, 6) is 1.92. The van der Waals surface area contributed by atoms with Gasteiger partial charge in [0, 0.05) is 43.7 Å². The number of aromatic nitrogens is 1. The van der Waals surface area contributed by atoms with Gasteiger partial charge in [0.05, 0.1) is 12.8 Å². The Morgan fingerprint density at radius 3 is 2.48 bits per heavy atom. The summed E-state index contributed by atoms with van der Waals surface area (Å²) in [6, 6.07) is 16.9. The second kappa shape index (κ2) is 6.81. The van der Waals surface area contributed by atoms with E-state index < -0.39 is 0 Å². The van der Waals surface area contributed by atoms with Crippen LogP contribution in [0.4, 0.5) is 0 Å². The SMILES string of the molecule is CN=C1c2c(-c3ccccc3)c3cc(OC)ccc3n2CCN1C.[Cl-]. The van der Waals surface area contributed by atoms with Gasteiger partial charge in [-0.05, 0) is 23.8 Å². The Hall–Kier alpha value is -2.46. The molecule has 2 aromatic carbocycles. The van der Waals surface area contributed by atoms with Crippen molar-refractivity contribution in [1.82, 2.24) is 9.47 Å². The first-order valence-corrected chi connectivity index (χ1v) is 8.18. The quantitative estimate of drug-likeness (QED) is 0.676. The molecule has 4 nitrogen and oxygen atoms in total. The van der Waals surface area contributed by atoms with Gasteiger partial charge in [0.1, 0.15) is 11.6 Å². The van der Waals surface area contributed by atoms with E-state index in [2.05, 4.69) is 64.0 Å². The van der Waals surface area contributed by atoms with Gasteiger partial charge in [0.25, 0.3) is 0 Å². The Morgan fingerprint density at radius 2 is 1.80 bits per heavy atom. The second-order valence-corrected chi connectivity index (χ2v) is 6.09. The maximum atomic E-state index is 5.47. The van der Waals surface area contributed by atoms with E-state index in [0.717, 1.165) is 24.7 Å². The summed E-state index contributed by atoms with van der Waals surface area (Å²) >= 11 is 0. The Morgan fingerprint density at radius 1 is 1.04 bits per heavy atom. The van der Waals surface area contributed by atoms with Crippen LogP contribution >= 0.6 is 0 Å². The number of rotatable bonds is 2. The van der Waals surface area contributed by atoms with Gasteiger partial charge in [0.2, 0.25) is 0 Å². The molecule has 0 N–H and O–H groups in total. The standard InChI is InChI=1S/C20H21N3O.ClH/c1-21-20-19-18(14-7-5-4-6-8-14)16-13-15(24-3)9-10-17(16)23(19)12-11-22(20)2;/h4-10,13H,11-12H2,1-3H3;1H/p-1. The smallest absolute Gasteiger partial charge is 0.148 e. The van der Waals surface area contributed by atoms with Gasteiger partial charge in [-0.3, -0.25) is 4.99 Å². The Bertz CT molecular complexity index is 931. The number of amidine groups is 1. The minimum absolute atomic E-state index is 0. The number of hydrogen-bond donors (Lipinski definition) is 0. The van der Waals surface area contributed by atoms with E-state index in [1.165, 1.54) is 27.7 Å². The molecule has 1 aliphatic heterocycles. The summed E-state index contributed by atoms with van der Waals surface area (Å²) in [5.41, 5.74) is 4.87. The van der Waals surface area contributed by atoms with Crippen LogP contribution in [-0.2, 0) is 6.54 Å². The molecule has 0 aliphatic carbocycles. The van der Waals surface area contributed by atoms with Crippen LogP contribution in [0.3, 0.4) is 0 Å². The zero-order valence-corrected chi connectivity index (χ0v) is 15.4. The number of ether oxygens (including phenoxy) is 1. The molecule has 2 heterocycles. The lowest BCUT2D eigenvalue weighted by molar-refractivity contribution is -0.00000512. The first-order chi connectivity index (χ1) is 11.7. The van der Waals surface area contributed by atoms with Crippen molar-refractivity contribution in [3.8, 4) is 16.9 Å². The summed E-state index contributed by atoms with van der Waals surface area (Å²) in [7, 11) is 5.69. The zero-order chi connectivity index (χ0) is 16.7. The highest BCUT2D eigenvalue weighted by Gasteiger charge is 2.27. The fourth-order valence-corrected chi connectivity index (χ4v) is 3.64. The third kappa shape index (κ3) is 2.67. The predicted molar refractivity (Wildman–Crippen MR) is 99.0 cm³/mol. The number of fused-ring (bicyclic) bond motifs is 3. The molecule has 4 rings (SSSR count). The molecule has 0 saturated heterocycles. The highest BCUT2D eigenvalue weighted by atomic mass is 35.5. The van der Waals surface area contributed by atoms with Crippen LogP contribution in [0.5, 0.6) is 5.75 Å². The summed E-state index contributed by atoms with van der Waals surface area (Å²) in [6.07, 6.45) is 0. The molecule has 0 fully saturated rings. The van der Waals surface area contributed by atoms with Crippen LogP contribution in [-0.4, -0.2) is 43.1 Å². The fraction of sp³-hybridized carbons (Fsp3) is 0.250. The molecular formula is C20H21ClN3O-. The molecular weight excluding hydrogens is 334 g/mol. The number of methoxy groups -OCH3 is 1. The molecule has 0 atom stereocenters. The lowest BCUT2D eigenvalue weighted by Gasteiger charge is -2.29. The minimum Gasteiger partial charge on any atom is -1.00 e. The average Bonchev–Trinajstić information content (AvgIpc) is 2.95. The number of aliphatic imine (C=N–C) groups is 1. The van der Waals surface area contributed by atoms with Gasteiger partial charge in [-0.15, -0.1) is 0 Å². The van der Waals surface area contributed by atoms with Crippen molar-refractivity contribution in [2.45, 2.75) is 6.54 Å². The van der Waals surface area contributed by atoms with E-state index >= 15 is 0 Å². The van der Waals surface area contributed by atoms with E-state index in [1.807, 2.05) is 13.1 Å². The summed E-state index contributed by atoms with van der Waals surface area (Å²) in [6.45, 7) is 1.92. The first kappa shape index (κ1) is 17.4. The number of nitrogens with zero attached hydrogens (tertiary/aromatic N) is 3. The van der Waals surface area contributed by atoms with Crippen molar-refractivity contribution in [1.29, 1.82) is 0 Å². The Kier molecular flexibility index (Phi) is 4.73. The first-order valence-electron chi connectivity index (χ1n) is 8.18. The van der Waals surface area contributed by atoms with Crippen LogP contribution in [0.2, 0.25) is 0 Å². The van der Waals surface area contributed by atoms with Crippen molar-refractivity contribution in [3.63, 3.8) is 0 Å². The largest absolute Gasteiger partial charge is 1.00 e. The maximum absolute atomic E-state index is 5.47. The van der Waals surface area contributed by atoms with Gasteiger partial charge in [0.15, 0.2) is 0 Å². The van der Waals surface area contributed by atoms with E-state index in [4.69, 9.17) is 4.74 Å². The third-order valence-corrected chi connectivity index (χ3v) is 4.78. The summed E-state index contributed by atoms with van der Waals surface area (Å²) in [4.78, 5) is 6.82. The van der Waals surface area contributed by atoms with Crippen LogP contribution in [0.15, 0.2) is 53.5 Å². The van der Waals surface area contributed by atoms with Crippen LogP contribution in [0.25, 0.3) is 22.0 Å². The van der Waals surface area contributed by atoms with Crippen molar-refractivity contribution in [2.24, 2.45) is 4.99 Å². The molecule has 1 aliphatic rings. The highest BCUT2D eigenvalue weighted by molar-refractivity contribution is 6.12. The van der Waals surface area contributed by atoms with Crippen molar-refractivity contribution < 1.29 is 17.1 Å². The lowest BCUT2D eigenvalue weighted by Crippen LogP contribution is -3.00. The van der Waals surface area contributed by atoms with Crippen LogP contribution in [0.1, 0.15) is 5.69 Å². The molecule has 25 heavy (non-hydrogen) atoms. The van der Waals surface area contributed by atoms with Crippen molar-refractivity contribution in [2.75, 3.05) is 27.7 Å². The maximum Gasteiger partial charge on any atom is 0.148 e. The minimum atomic E-state index is 0.